The van der Waals surface area contributed by atoms with E-state index in [9.17, 15) is 13.2 Å². The van der Waals surface area contributed by atoms with Crippen LogP contribution in [-0.4, -0.2) is 10.2 Å². The van der Waals surface area contributed by atoms with Crippen LogP contribution < -0.4 is 0 Å². The van der Waals surface area contributed by atoms with Gasteiger partial charge in [-0.1, -0.05) is 61.5 Å². The van der Waals surface area contributed by atoms with Gasteiger partial charge in [0.15, 0.2) is 0 Å². The minimum Gasteiger partial charge on any atom is -0.166 e. The fourth-order valence-corrected chi connectivity index (χ4v) is 4.92. The molecule has 0 radical (unpaired) electrons. The third-order valence-electron chi connectivity index (χ3n) is 6.49. The van der Waals surface area contributed by atoms with Gasteiger partial charge in [-0.15, -0.1) is 0 Å². The summed E-state index contributed by atoms with van der Waals surface area (Å²) in [7, 11) is 0. The molecular formula is C28H23F3N2. The zero-order valence-corrected chi connectivity index (χ0v) is 18.2. The van der Waals surface area contributed by atoms with Crippen molar-refractivity contribution in [2.75, 3.05) is 0 Å². The van der Waals surface area contributed by atoms with E-state index >= 15 is 0 Å². The third kappa shape index (κ3) is 4.04. The summed E-state index contributed by atoms with van der Waals surface area (Å²) in [5, 5.41) is 11.5. The number of aryl methyl sites for hydroxylation is 1. The van der Waals surface area contributed by atoms with Crippen LogP contribution in [0.4, 0.5) is 13.2 Å². The lowest BCUT2D eigenvalue weighted by Crippen LogP contribution is -2.12. The number of benzene rings is 4. The number of fused-ring (bicyclic) bond motifs is 6. The molecule has 1 aliphatic carbocycles. The largest absolute Gasteiger partial charge is 0.417 e. The predicted molar refractivity (Wildman–Crippen MR) is 127 cm³/mol. The van der Waals surface area contributed by atoms with Crippen molar-refractivity contribution in [1.29, 1.82) is 0 Å². The molecule has 166 valence electrons. The molecule has 0 aliphatic heterocycles. The zero-order valence-electron chi connectivity index (χ0n) is 18.2. The molecule has 1 atom stereocenters. The number of hydrogen-bond donors (Lipinski definition) is 0. The van der Waals surface area contributed by atoms with Crippen LogP contribution in [0, 0.1) is 0 Å². The highest BCUT2D eigenvalue weighted by molar-refractivity contribution is 6.10. The van der Waals surface area contributed by atoms with E-state index in [4.69, 9.17) is 0 Å². The molecule has 0 saturated heterocycles. The molecule has 5 heteroatoms. The molecule has 4 aromatic carbocycles. The van der Waals surface area contributed by atoms with Crippen molar-refractivity contribution in [2.45, 2.75) is 38.3 Å². The molecule has 0 spiro atoms. The second-order valence-corrected chi connectivity index (χ2v) is 8.58. The fourth-order valence-electron chi connectivity index (χ4n) is 4.92. The first kappa shape index (κ1) is 21.4. The lowest BCUT2D eigenvalue weighted by atomic mass is 9.79. The van der Waals surface area contributed by atoms with E-state index in [0.717, 1.165) is 52.1 Å². The molecule has 5 aromatic rings. The highest BCUT2D eigenvalue weighted by Crippen LogP contribution is 2.44. The van der Waals surface area contributed by atoms with Gasteiger partial charge in [-0.3, -0.25) is 0 Å². The van der Waals surface area contributed by atoms with Gasteiger partial charge in [-0.25, -0.2) is 0 Å². The minimum absolute atomic E-state index is 0.329. The maximum atomic E-state index is 13.7. The summed E-state index contributed by atoms with van der Waals surface area (Å²) in [6.07, 6.45) is 0.101. The predicted octanol–water partition coefficient (Wildman–Crippen LogP) is 8.08. The average molecular weight is 445 g/mol. The Morgan fingerprint density at radius 2 is 1.61 bits per heavy atom. The topological polar surface area (TPSA) is 25.8 Å². The number of rotatable bonds is 0. The number of hydrogen-bond acceptors (Lipinski definition) is 2. The van der Waals surface area contributed by atoms with Gasteiger partial charge in [0, 0.05) is 5.39 Å². The van der Waals surface area contributed by atoms with E-state index < -0.39 is 11.7 Å². The van der Waals surface area contributed by atoms with Crippen LogP contribution in [0.2, 0.25) is 0 Å². The van der Waals surface area contributed by atoms with Crippen LogP contribution in [0.5, 0.6) is 0 Å². The molecule has 1 aliphatic rings. The Balaban J connectivity index is 0.000000190. The maximum absolute atomic E-state index is 13.7. The smallest absolute Gasteiger partial charge is 0.166 e. The van der Waals surface area contributed by atoms with Crippen LogP contribution >= 0.6 is 0 Å². The van der Waals surface area contributed by atoms with Crippen LogP contribution in [0.1, 0.15) is 42.4 Å². The standard InChI is InChI=1S/C20H17F3.C8H6N2/c1-12-5-4-8-16-14(12)9-10-17-15-7-3-2-6-13(15)11-18(19(16)17)20(21,22)23;1-2-4-8-7(3-1)5-6-9-10-8/h2-3,6-7,9-12H,4-5,8H2,1H3;1-6H. The zero-order chi connectivity index (χ0) is 23.0. The SMILES string of the molecule is CC1CCCc2c1ccc1c2c(C(F)(F)F)cc2ccccc21.c1ccc2nnccc2c1. The Morgan fingerprint density at radius 3 is 2.39 bits per heavy atom. The van der Waals surface area contributed by atoms with Crippen LogP contribution in [0.25, 0.3) is 32.4 Å². The van der Waals surface area contributed by atoms with E-state index in [1.54, 1.807) is 18.3 Å². The first-order chi connectivity index (χ1) is 15.9. The second-order valence-electron chi connectivity index (χ2n) is 8.58. The van der Waals surface area contributed by atoms with Crippen molar-refractivity contribution in [3.05, 3.63) is 95.7 Å². The van der Waals surface area contributed by atoms with E-state index in [1.165, 1.54) is 6.07 Å². The molecule has 0 fully saturated rings. The summed E-state index contributed by atoms with van der Waals surface area (Å²) < 4.78 is 41.1. The number of alkyl halides is 3. The quantitative estimate of drug-likeness (QED) is 0.226. The molecule has 0 saturated carbocycles. The number of halogens is 3. The van der Waals surface area contributed by atoms with Gasteiger partial charge in [-0.05, 0) is 76.1 Å². The van der Waals surface area contributed by atoms with Gasteiger partial charge in [0.25, 0.3) is 0 Å². The normalized spacial score (nSPS) is 15.8. The molecule has 1 aromatic heterocycles. The average Bonchev–Trinajstić information content (AvgIpc) is 2.83. The highest BCUT2D eigenvalue weighted by atomic mass is 19.4. The van der Waals surface area contributed by atoms with Crippen molar-refractivity contribution in [3.63, 3.8) is 0 Å². The second kappa shape index (κ2) is 8.47. The van der Waals surface area contributed by atoms with Crippen LogP contribution in [-0.2, 0) is 12.6 Å². The van der Waals surface area contributed by atoms with Gasteiger partial charge in [0.2, 0.25) is 0 Å². The van der Waals surface area contributed by atoms with Crippen molar-refractivity contribution >= 4 is 32.4 Å². The van der Waals surface area contributed by atoms with Crippen molar-refractivity contribution in [2.24, 2.45) is 0 Å². The van der Waals surface area contributed by atoms with Crippen LogP contribution in [0.15, 0.2) is 79.0 Å². The fraction of sp³-hybridized carbons (Fsp3) is 0.214. The first-order valence-corrected chi connectivity index (χ1v) is 11.1. The molecule has 0 N–H and O–H groups in total. The van der Waals surface area contributed by atoms with E-state index in [2.05, 4.69) is 17.1 Å². The summed E-state index contributed by atoms with van der Waals surface area (Å²) in [5.41, 5.74) is 2.45. The Labute approximate surface area is 190 Å². The van der Waals surface area contributed by atoms with Crippen molar-refractivity contribution < 1.29 is 13.2 Å². The Kier molecular flexibility index (Phi) is 5.49. The van der Waals surface area contributed by atoms with E-state index in [0.29, 0.717) is 16.7 Å². The van der Waals surface area contributed by atoms with Gasteiger partial charge < -0.3 is 0 Å². The molecule has 1 unspecified atom stereocenters. The summed E-state index contributed by atoms with van der Waals surface area (Å²) in [6.45, 7) is 2.11. The highest BCUT2D eigenvalue weighted by Gasteiger charge is 2.35. The monoisotopic (exact) mass is 444 g/mol. The Morgan fingerprint density at radius 1 is 0.848 bits per heavy atom. The Hall–Kier alpha value is -3.47. The van der Waals surface area contributed by atoms with Crippen molar-refractivity contribution in [3.8, 4) is 0 Å². The Bertz CT molecular complexity index is 1390. The lowest BCUT2D eigenvalue weighted by Gasteiger charge is -2.26. The summed E-state index contributed by atoms with van der Waals surface area (Å²) in [5.74, 6) is 0.329. The molecule has 0 amide bonds. The molecule has 33 heavy (non-hydrogen) atoms. The molecule has 6 rings (SSSR count). The molecule has 2 nitrogen and oxygen atoms in total. The van der Waals surface area contributed by atoms with Gasteiger partial charge in [0.05, 0.1) is 17.3 Å². The minimum atomic E-state index is -4.34. The van der Waals surface area contributed by atoms with E-state index in [-0.39, 0.29) is 0 Å². The maximum Gasteiger partial charge on any atom is 0.417 e. The third-order valence-corrected chi connectivity index (χ3v) is 6.49. The van der Waals surface area contributed by atoms with Crippen molar-refractivity contribution in [1.82, 2.24) is 10.2 Å². The lowest BCUT2D eigenvalue weighted by molar-refractivity contribution is -0.136. The molecule has 0 bridgehead atoms. The first-order valence-electron chi connectivity index (χ1n) is 11.1. The summed E-state index contributed by atoms with van der Waals surface area (Å²) >= 11 is 0. The van der Waals surface area contributed by atoms with Crippen LogP contribution in [0.3, 0.4) is 0 Å². The summed E-state index contributed by atoms with van der Waals surface area (Å²) in [6, 6.07) is 22.4. The van der Waals surface area contributed by atoms with E-state index in [1.807, 2.05) is 54.6 Å². The number of aromatic nitrogens is 2. The van der Waals surface area contributed by atoms with Gasteiger partial charge >= 0.3 is 6.18 Å². The molecular weight excluding hydrogens is 421 g/mol. The molecule has 1 heterocycles. The summed E-state index contributed by atoms with van der Waals surface area (Å²) in [4.78, 5) is 0. The van der Waals surface area contributed by atoms with Gasteiger partial charge in [-0.2, -0.15) is 23.4 Å². The van der Waals surface area contributed by atoms with Gasteiger partial charge in [0.1, 0.15) is 0 Å². The number of nitrogens with zero attached hydrogens (tertiary/aromatic N) is 2.